The van der Waals surface area contributed by atoms with Gasteiger partial charge in [-0.15, -0.1) is 10.2 Å². The fourth-order valence-electron chi connectivity index (χ4n) is 2.30. The highest BCUT2D eigenvalue weighted by atomic mass is 16.5. The second kappa shape index (κ2) is 4.17. The molecular formula is C13H11N7O. The van der Waals surface area contributed by atoms with Crippen molar-refractivity contribution >= 4 is 22.5 Å². The van der Waals surface area contributed by atoms with Crippen LogP contribution in [0.25, 0.3) is 28.2 Å². The van der Waals surface area contributed by atoms with Gasteiger partial charge in [0.2, 0.25) is 0 Å². The van der Waals surface area contributed by atoms with Crippen molar-refractivity contribution in [3.05, 3.63) is 30.9 Å². The summed E-state index contributed by atoms with van der Waals surface area (Å²) in [6.45, 7) is 0. The second-order valence-electron chi connectivity index (χ2n) is 4.52. The number of aromatic nitrogens is 6. The first-order valence-corrected chi connectivity index (χ1v) is 6.24. The standard InChI is InChI=1S/C13H11N7O/c1-21-9-3-2-7(4-8(9)14)12-18-19-13-10-11(16-5-15-10)17-6-20(12)13/h2-6H,14H2,1H3,(H,15,16). The summed E-state index contributed by atoms with van der Waals surface area (Å²) in [5, 5.41) is 8.42. The molecular weight excluding hydrogens is 270 g/mol. The Morgan fingerprint density at radius 3 is 2.95 bits per heavy atom. The van der Waals surface area contributed by atoms with Crippen LogP contribution < -0.4 is 10.5 Å². The maximum Gasteiger partial charge on any atom is 0.190 e. The van der Waals surface area contributed by atoms with E-state index in [2.05, 4.69) is 25.1 Å². The predicted octanol–water partition coefficient (Wildman–Crippen LogP) is 1.26. The number of benzene rings is 1. The first-order valence-electron chi connectivity index (χ1n) is 6.24. The van der Waals surface area contributed by atoms with Crippen LogP contribution in [0, 0.1) is 0 Å². The second-order valence-corrected chi connectivity index (χ2v) is 4.52. The molecule has 0 bridgehead atoms. The lowest BCUT2D eigenvalue weighted by Gasteiger charge is -2.06. The van der Waals surface area contributed by atoms with Gasteiger partial charge in [-0.3, -0.25) is 4.40 Å². The summed E-state index contributed by atoms with van der Waals surface area (Å²) in [5.41, 5.74) is 9.34. The number of H-pyrrole nitrogens is 1. The predicted molar refractivity (Wildman–Crippen MR) is 76.8 cm³/mol. The molecule has 3 aromatic heterocycles. The summed E-state index contributed by atoms with van der Waals surface area (Å²) >= 11 is 0. The van der Waals surface area contributed by atoms with Crippen molar-refractivity contribution in [1.29, 1.82) is 0 Å². The number of aromatic amines is 1. The van der Waals surface area contributed by atoms with Crippen molar-refractivity contribution in [2.75, 3.05) is 12.8 Å². The number of hydrogen-bond acceptors (Lipinski definition) is 6. The van der Waals surface area contributed by atoms with E-state index >= 15 is 0 Å². The topological polar surface area (TPSA) is 107 Å². The van der Waals surface area contributed by atoms with Crippen LogP contribution in [0.1, 0.15) is 0 Å². The zero-order valence-corrected chi connectivity index (χ0v) is 11.1. The minimum absolute atomic E-state index is 0.544. The quantitative estimate of drug-likeness (QED) is 0.536. The molecule has 4 rings (SSSR count). The molecule has 4 aromatic rings. The fraction of sp³-hybridized carbons (Fsp3) is 0.0769. The molecule has 0 atom stereocenters. The lowest BCUT2D eigenvalue weighted by atomic mass is 10.2. The van der Waals surface area contributed by atoms with Gasteiger partial charge in [-0.1, -0.05) is 0 Å². The third kappa shape index (κ3) is 1.62. The average Bonchev–Trinajstić information content (AvgIpc) is 3.12. The van der Waals surface area contributed by atoms with Gasteiger partial charge in [-0.05, 0) is 18.2 Å². The van der Waals surface area contributed by atoms with E-state index in [0.717, 1.165) is 11.1 Å². The maximum absolute atomic E-state index is 5.94. The Balaban J connectivity index is 1.96. The van der Waals surface area contributed by atoms with Crippen LogP contribution in [-0.2, 0) is 0 Å². The van der Waals surface area contributed by atoms with E-state index < -0.39 is 0 Å². The number of fused-ring (bicyclic) bond motifs is 3. The summed E-state index contributed by atoms with van der Waals surface area (Å²) in [4.78, 5) is 11.4. The van der Waals surface area contributed by atoms with Crippen LogP contribution in [0.3, 0.4) is 0 Å². The number of nitrogens with zero attached hydrogens (tertiary/aromatic N) is 5. The molecule has 1 aromatic carbocycles. The van der Waals surface area contributed by atoms with Crippen molar-refractivity contribution in [1.82, 2.24) is 29.5 Å². The number of hydrogen-bond donors (Lipinski definition) is 2. The SMILES string of the molecule is COc1ccc(-c2nnc3c4[nH]cnc4ncn23)cc1N. The highest BCUT2D eigenvalue weighted by Crippen LogP contribution is 2.28. The van der Waals surface area contributed by atoms with Gasteiger partial charge in [0.05, 0.1) is 19.1 Å². The van der Waals surface area contributed by atoms with Crippen LogP contribution in [0.4, 0.5) is 5.69 Å². The Hall–Kier alpha value is -3.16. The number of methoxy groups -OCH3 is 1. The van der Waals surface area contributed by atoms with E-state index in [1.807, 2.05) is 6.07 Å². The molecule has 0 spiro atoms. The van der Waals surface area contributed by atoms with Gasteiger partial charge in [0.25, 0.3) is 0 Å². The molecule has 0 saturated heterocycles. The normalized spacial score (nSPS) is 11.3. The van der Waals surface area contributed by atoms with Gasteiger partial charge >= 0.3 is 0 Å². The first kappa shape index (κ1) is 11.6. The molecule has 0 fully saturated rings. The number of nitrogen functional groups attached to an aromatic ring is 1. The van der Waals surface area contributed by atoms with Gasteiger partial charge in [-0.25, -0.2) is 9.97 Å². The molecule has 0 unspecified atom stereocenters. The molecule has 0 aliphatic carbocycles. The van der Waals surface area contributed by atoms with Crippen LogP contribution in [0.15, 0.2) is 30.9 Å². The number of nitrogens with one attached hydrogen (secondary N) is 1. The summed E-state index contributed by atoms with van der Waals surface area (Å²) in [7, 11) is 1.58. The molecule has 3 N–H and O–H groups in total. The summed E-state index contributed by atoms with van der Waals surface area (Å²) in [6, 6.07) is 5.48. The van der Waals surface area contributed by atoms with Gasteiger partial charge in [0.15, 0.2) is 17.1 Å². The largest absolute Gasteiger partial charge is 0.495 e. The fourth-order valence-corrected chi connectivity index (χ4v) is 2.30. The molecule has 3 heterocycles. The highest BCUT2D eigenvalue weighted by molar-refractivity contribution is 5.85. The van der Waals surface area contributed by atoms with Gasteiger partial charge < -0.3 is 15.5 Å². The minimum Gasteiger partial charge on any atom is -0.495 e. The summed E-state index contributed by atoms with van der Waals surface area (Å²) < 4.78 is 6.95. The van der Waals surface area contributed by atoms with Crippen molar-refractivity contribution in [3.8, 4) is 17.1 Å². The molecule has 0 saturated carbocycles. The zero-order chi connectivity index (χ0) is 14.4. The molecule has 104 valence electrons. The Bertz CT molecular complexity index is 956. The van der Waals surface area contributed by atoms with Crippen LogP contribution in [-0.4, -0.2) is 36.7 Å². The van der Waals surface area contributed by atoms with E-state index in [0.29, 0.717) is 28.6 Å². The molecule has 0 radical (unpaired) electrons. The number of rotatable bonds is 2. The number of imidazole rings is 1. The van der Waals surface area contributed by atoms with Gasteiger partial charge in [0, 0.05) is 5.56 Å². The molecule has 0 aliphatic heterocycles. The number of nitrogens with two attached hydrogens (primary N) is 1. The lowest BCUT2D eigenvalue weighted by Crippen LogP contribution is -1.95. The minimum atomic E-state index is 0.544. The molecule has 21 heavy (non-hydrogen) atoms. The van der Waals surface area contributed by atoms with Crippen LogP contribution in [0.2, 0.25) is 0 Å². The smallest absolute Gasteiger partial charge is 0.190 e. The van der Waals surface area contributed by atoms with E-state index in [9.17, 15) is 0 Å². The van der Waals surface area contributed by atoms with Crippen molar-refractivity contribution < 1.29 is 4.74 Å². The van der Waals surface area contributed by atoms with Gasteiger partial charge in [0.1, 0.15) is 17.6 Å². The van der Waals surface area contributed by atoms with Crippen molar-refractivity contribution in [3.63, 3.8) is 0 Å². The molecule has 0 aliphatic rings. The van der Waals surface area contributed by atoms with Gasteiger partial charge in [-0.2, -0.15) is 0 Å². The Labute approximate surface area is 118 Å². The Morgan fingerprint density at radius 2 is 2.14 bits per heavy atom. The third-order valence-corrected chi connectivity index (χ3v) is 3.32. The van der Waals surface area contributed by atoms with E-state index in [1.54, 1.807) is 36.3 Å². The van der Waals surface area contributed by atoms with Crippen LogP contribution >= 0.6 is 0 Å². The Kier molecular flexibility index (Phi) is 2.31. The molecule has 8 heteroatoms. The van der Waals surface area contributed by atoms with Crippen molar-refractivity contribution in [2.24, 2.45) is 0 Å². The summed E-state index contributed by atoms with van der Waals surface area (Å²) in [5.74, 6) is 1.28. The third-order valence-electron chi connectivity index (χ3n) is 3.32. The Morgan fingerprint density at radius 1 is 1.24 bits per heavy atom. The number of ether oxygens (including phenoxy) is 1. The zero-order valence-electron chi connectivity index (χ0n) is 11.1. The monoisotopic (exact) mass is 281 g/mol. The van der Waals surface area contributed by atoms with E-state index in [4.69, 9.17) is 10.5 Å². The molecule has 0 amide bonds. The first-order chi connectivity index (χ1) is 10.3. The average molecular weight is 281 g/mol. The maximum atomic E-state index is 5.94. The van der Waals surface area contributed by atoms with E-state index in [-0.39, 0.29) is 0 Å². The lowest BCUT2D eigenvalue weighted by molar-refractivity contribution is 0.417. The number of anilines is 1. The van der Waals surface area contributed by atoms with E-state index in [1.165, 1.54) is 0 Å². The van der Waals surface area contributed by atoms with Crippen LogP contribution in [0.5, 0.6) is 5.75 Å². The van der Waals surface area contributed by atoms with Crippen molar-refractivity contribution in [2.45, 2.75) is 0 Å². The summed E-state index contributed by atoms with van der Waals surface area (Å²) in [6.07, 6.45) is 3.23. The highest BCUT2D eigenvalue weighted by Gasteiger charge is 2.13. The molecule has 8 nitrogen and oxygen atoms in total.